The van der Waals surface area contributed by atoms with E-state index in [0.717, 1.165) is 26.2 Å². The maximum Gasteiger partial charge on any atom is 0.225 e. The highest BCUT2D eigenvalue weighted by Gasteiger charge is 2.22. The van der Waals surface area contributed by atoms with E-state index in [9.17, 15) is 9.59 Å². The number of hydrogen-bond donors (Lipinski definition) is 1. The Kier molecular flexibility index (Phi) is 4.07. The fraction of sp³-hybridized carbons (Fsp3) is 0.800. The minimum absolute atomic E-state index is 0.0842. The quantitative estimate of drug-likeness (QED) is 0.696. The van der Waals surface area contributed by atoms with Gasteiger partial charge in [-0.05, 0) is 6.92 Å². The largest absolute Gasteiger partial charge is 0.340 e. The number of carbonyl (C=O) groups excluding carboxylic acids is 2. The molecule has 0 bridgehead atoms. The third kappa shape index (κ3) is 3.10. The molecule has 4 nitrogen and oxygen atoms in total. The normalized spacial score (nSPS) is 19.1. The highest BCUT2D eigenvalue weighted by Crippen LogP contribution is 2.08. The van der Waals surface area contributed by atoms with Crippen molar-refractivity contribution in [2.24, 2.45) is 5.92 Å². The number of Topliss-reactive ketones (excluding diaryl/α,β-unsaturated/α-hetero) is 1. The second-order valence-corrected chi connectivity index (χ2v) is 3.88. The van der Waals surface area contributed by atoms with Crippen LogP contribution in [0.5, 0.6) is 0 Å². The molecule has 0 spiro atoms. The summed E-state index contributed by atoms with van der Waals surface area (Å²) in [6, 6.07) is 0. The summed E-state index contributed by atoms with van der Waals surface area (Å²) >= 11 is 0. The van der Waals surface area contributed by atoms with Crippen molar-refractivity contribution in [1.82, 2.24) is 10.2 Å². The Morgan fingerprint density at radius 1 is 1.36 bits per heavy atom. The lowest BCUT2D eigenvalue weighted by Gasteiger charge is -2.29. The van der Waals surface area contributed by atoms with E-state index in [1.165, 1.54) is 6.92 Å². The summed E-state index contributed by atoms with van der Waals surface area (Å²) in [4.78, 5) is 24.5. The van der Waals surface area contributed by atoms with Crippen LogP contribution < -0.4 is 5.32 Å². The highest BCUT2D eigenvalue weighted by molar-refractivity contribution is 5.85. The molecule has 1 N–H and O–H groups in total. The molecule has 0 saturated carbocycles. The van der Waals surface area contributed by atoms with E-state index in [1.54, 1.807) is 0 Å². The summed E-state index contributed by atoms with van der Waals surface area (Å²) in [6.45, 7) is 6.60. The van der Waals surface area contributed by atoms with Crippen LogP contribution >= 0.6 is 0 Å². The number of hydrogen-bond acceptors (Lipinski definition) is 3. The van der Waals surface area contributed by atoms with Crippen molar-refractivity contribution in [1.29, 1.82) is 0 Å². The molecule has 0 aromatic carbocycles. The van der Waals surface area contributed by atoms with Crippen LogP contribution in [0, 0.1) is 5.92 Å². The average Bonchev–Trinajstić information content (AvgIpc) is 2.17. The predicted octanol–water partition coefficient (Wildman–Crippen LogP) is 0.0334. The van der Waals surface area contributed by atoms with Gasteiger partial charge in [0.15, 0.2) is 0 Å². The van der Waals surface area contributed by atoms with Crippen molar-refractivity contribution in [2.45, 2.75) is 20.3 Å². The van der Waals surface area contributed by atoms with Gasteiger partial charge in [-0.3, -0.25) is 4.79 Å². The zero-order chi connectivity index (χ0) is 10.6. The first kappa shape index (κ1) is 11.2. The molecule has 1 heterocycles. The molecular formula is C10H18N2O2. The molecule has 1 saturated heterocycles. The highest BCUT2D eigenvalue weighted by atomic mass is 16.2. The van der Waals surface area contributed by atoms with Gasteiger partial charge in [0.25, 0.3) is 0 Å². The topological polar surface area (TPSA) is 49.4 Å². The summed E-state index contributed by atoms with van der Waals surface area (Å²) < 4.78 is 0. The predicted molar refractivity (Wildman–Crippen MR) is 53.9 cm³/mol. The van der Waals surface area contributed by atoms with E-state index in [1.807, 2.05) is 11.8 Å². The van der Waals surface area contributed by atoms with Crippen LogP contribution in [0.15, 0.2) is 0 Å². The fourth-order valence-corrected chi connectivity index (χ4v) is 1.72. The van der Waals surface area contributed by atoms with Gasteiger partial charge in [0.05, 0.1) is 0 Å². The number of piperazine rings is 1. The van der Waals surface area contributed by atoms with E-state index in [0.29, 0.717) is 6.42 Å². The molecule has 14 heavy (non-hydrogen) atoms. The fourth-order valence-electron chi connectivity index (χ4n) is 1.72. The van der Waals surface area contributed by atoms with Crippen molar-refractivity contribution in [2.75, 3.05) is 26.2 Å². The lowest BCUT2D eigenvalue weighted by atomic mass is 10.0. The van der Waals surface area contributed by atoms with Crippen molar-refractivity contribution in [3.63, 3.8) is 0 Å². The molecule has 1 unspecified atom stereocenters. The van der Waals surface area contributed by atoms with Gasteiger partial charge in [-0.25, -0.2) is 0 Å². The number of ketones is 1. The molecular weight excluding hydrogens is 180 g/mol. The first-order chi connectivity index (χ1) is 6.61. The number of carbonyl (C=O) groups is 2. The Morgan fingerprint density at radius 3 is 2.43 bits per heavy atom. The maximum absolute atomic E-state index is 11.8. The van der Waals surface area contributed by atoms with Gasteiger partial charge in [-0.1, -0.05) is 6.92 Å². The van der Waals surface area contributed by atoms with Crippen molar-refractivity contribution < 1.29 is 9.59 Å². The third-order valence-electron chi connectivity index (χ3n) is 2.44. The summed E-state index contributed by atoms with van der Waals surface area (Å²) in [7, 11) is 0. The van der Waals surface area contributed by atoms with E-state index in [4.69, 9.17) is 0 Å². The standard InChI is InChI=1S/C10H18N2O2/c1-8(7-9(2)13)10(14)12-5-3-11-4-6-12/h8,11H,3-7H2,1-2H3. The first-order valence-corrected chi connectivity index (χ1v) is 5.10. The zero-order valence-corrected chi connectivity index (χ0v) is 8.88. The van der Waals surface area contributed by atoms with Crippen LogP contribution in [-0.4, -0.2) is 42.8 Å². The molecule has 1 fully saturated rings. The second-order valence-electron chi connectivity index (χ2n) is 3.88. The van der Waals surface area contributed by atoms with Gasteiger partial charge < -0.3 is 15.0 Å². The Balaban J connectivity index is 2.42. The minimum Gasteiger partial charge on any atom is -0.340 e. The first-order valence-electron chi connectivity index (χ1n) is 5.10. The summed E-state index contributed by atoms with van der Waals surface area (Å²) in [5.74, 6) is 0.0354. The Bertz CT molecular complexity index is 222. The van der Waals surface area contributed by atoms with Gasteiger partial charge in [0, 0.05) is 38.5 Å². The molecule has 1 amide bonds. The van der Waals surface area contributed by atoms with Crippen molar-refractivity contribution >= 4 is 11.7 Å². The molecule has 4 heteroatoms. The third-order valence-corrected chi connectivity index (χ3v) is 2.44. The Morgan fingerprint density at radius 2 is 1.93 bits per heavy atom. The van der Waals surface area contributed by atoms with E-state index >= 15 is 0 Å². The molecule has 0 aliphatic carbocycles. The molecule has 1 aliphatic heterocycles. The molecule has 80 valence electrons. The summed E-state index contributed by atoms with van der Waals surface area (Å²) in [6.07, 6.45) is 0.364. The van der Waals surface area contributed by atoms with Crippen LogP contribution in [0.1, 0.15) is 20.3 Å². The van der Waals surface area contributed by atoms with Gasteiger partial charge in [-0.15, -0.1) is 0 Å². The SMILES string of the molecule is CC(=O)CC(C)C(=O)N1CCNCC1. The molecule has 0 aromatic rings. The average molecular weight is 198 g/mol. The lowest BCUT2D eigenvalue weighted by Crippen LogP contribution is -2.48. The smallest absolute Gasteiger partial charge is 0.225 e. The van der Waals surface area contributed by atoms with Crippen LogP contribution in [0.2, 0.25) is 0 Å². The number of amides is 1. The lowest BCUT2D eigenvalue weighted by molar-refractivity contribution is -0.137. The van der Waals surface area contributed by atoms with Crippen LogP contribution in [0.4, 0.5) is 0 Å². The number of nitrogens with one attached hydrogen (secondary N) is 1. The van der Waals surface area contributed by atoms with Gasteiger partial charge in [0.2, 0.25) is 5.91 Å². The van der Waals surface area contributed by atoms with Crippen LogP contribution in [0.25, 0.3) is 0 Å². The van der Waals surface area contributed by atoms with E-state index < -0.39 is 0 Å². The molecule has 1 aliphatic rings. The monoisotopic (exact) mass is 198 g/mol. The second kappa shape index (κ2) is 5.10. The number of nitrogens with zero attached hydrogens (tertiary/aromatic N) is 1. The maximum atomic E-state index is 11.8. The summed E-state index contributed by atoms with van der Waals surface area (Å²) in [5.41, 5.74) is 0. The van der Waals surface area contributed by atoms with Crippen LogP contribution in [0.3, 0.4) is 0 Å². The molecule has 1 atom stereocenters. The molecule has 0 radical (unpaired) electrons. The molecule has 1 rings (SSSR count). The number of rotatable bonds is 3. The zero-order valence-electron chi connectivity index (χ0n) is 8.88. The molecule has 0 aromatic heterocycles. The van der Waals surface area contributed by atoms with Gasteiger partial charge in [-0.2, -0.15) is 0 Å². The van der Waals surface area contributed by atoms with E-state index in [-0.39, 0.29) is 17.6 Å². The van der Waals surface area contributed by atoms with Gasteiger partial charge >= 0.3 is 0 Å². The minimum atomic E-state index is -0.161. The van der Waals surface area contributed by atoms with Crippen molar-refractivity contribution in [3.05, 3.63) is 0 Å². The van der Waals surface area contributed by atoms with Crippen molar-refractivity contribution in [3.8, 4) is 0 Å². The van der Waals surface area contributed by atoms with E-state index in [2.05, 4.69) is 5.32 Å². The van der Waals surface area contributed by atoms with Gasteiger partial charge in [0.1, 0.15) is 5.78 Å². The Hall–Kier alpha value is -0.900. The summed E-state index contributed by atoms with van der Waals surface area (Å²) in [5, 5.41) is 3.19. The Labute approximate surface area is 84.7 Å². The van der Waals surface area contributed by atoms with Crippen LogP contribution in [-0.2, 0) is 9.59 Å².